The van der Waals surface area contributed by atoms with E-state index in [0.717, 1.165) is 5.56 Å². The molecule has 0 saturated carbocycles. The van der Waals surface area contributed by atoms with E-state index in [1.54, 1.807) is 12.4 Å². The van der Waals surface area contributed by atoms with Gasteiger partial charge in [-0.05, 0) is 24.6 Å². The largest absolute Gasteiger partial charge is 0.468 e. The Balaban J connectivity index is 2.26. The van der Waals surface area contributed by atoms with Gasteiger partial charge in [0.25, 0.3) is 0 Å². The highest BCUT2D eigenvalue weighted by Gasteiger charge is 2.45. The number of esters is 2. The van der Waals surface area contributed by atoms with Gasteiger partial charge in [-0.3, -0.25) is 9.59 Å². The van der Waals surface area contributed by atoms with Crippen LogP contribution in [0.4, 0.5) is 0 Å². The Morgan fingerprint density at radius 1 is 1.00 bits per heavy atom. The molecule has 0 N–H and O–H groups in total. The van der Waals surface area contributed by atoms with Crippen molar-refractivity contribution in [3.63, 3.8) is 0 Å². The van der Waals surface area contributed by atoms with Crippen LogP contribution in [-0.2, 0) is 19.1 Å². The van der Waals surface area contributed by atoms with Crippen molar-refractivity contribution in [1.29, 1.82) is 0 Å². The van der Waals surface area contributed by atoms with Crippen molar-refractivity contribution in [2.45, 2.75) is 13.0 Å². The fraction of sp³-hybridized carbons (Fsp3) is 0.294. The number of nitrogens with zero attached hydrogens (tertiary/aromatic N) is 1. The van der Waals surface area contributed by atoms with E-state index < -0.39 is 17.4 Å². The van der Waals surface area contributed by atoms with Crippen molar-refractivity contribution in [3.8, 4) is 0 Å². The number of carbonyl (C=O) groups excluding carboxylic acids is 2. The molecule has 0 spiro atoms. The van der Waals surface area contributed by atoms with Gasteiger partial charge >= 0.3 is 11.9 Å². The van der Waals surface area contributed by atoms with E-state index >= 15 is 0 Å². The molecule has 1 heterocycles. The van der Waals surface area contributed by atoms with Gasteiger partial charge in [0, 0.05) is 12.4 Å². The van der Waals surface area contributed by atoms with Crippen LogP contribution in [0.3, 0.4) is 0 Å². The average Bonchev–Trinajstić information content (AvgIpc) is 2.60. The maximum Gasteiger partial charge on any atom is 0.331 e. The van der Waals surface area contributed by atoms with E-state index in [1.807, 2.05) is 42.2 Å². The summed E-state index contributed by atoms with van der Waals surface area (Å²) in [5, 5.41) is 0. The van der Waals surface area contributed by atoms with Gasteiger partial charge in [0.1, 0.15) is 0 Å². The molecular weight excluding hydrogens is 282 g/mol. The van der Waals surface area contributed by atoms with Crippen LogP contribution in [0.5, 0.6) is 0 Å². The fourth-order valence-corrected chi connectivity index (χ4v) is 2.37. The summed E-state index contributed by atoms with van der Waals surface area (Å²) >= 11 is 0. The van der Waals surface area contributed by atoms with Crippen molar-refractivity contribution in [3.05, 3.63) is 60.4 Å². The lowest BCUT2D eigenvalue weighted by molar-refractivity contribution is -0.161. The van der Waals surface area contributed by atoms with Crippen molar-refractivity contribution in [2.75, 3.05) is 14.2 Å². The van der Waals surface area contributed by atoms with Gasteiger partial charge in [0.05, 0.1) is 20.3 Å². The third-order valence-electron chi connectivity index (χ3n) is 3.79. The van der Waals surface area contributed by atoms with E-state index in [1.165, 1.54) is 26.4 Å². The quantitative estimate of drug-likeness (QED) is 0.631. The number of rotatable bonds is 4. The number of carbonyl (C=O) groups is 2. The zero-order valence-electron chi connectivity index (χ0n) is 12.9. The van der Waals surface area contributed by atoms with Gasteiger partial charge in [-0.25, -0.2) is 0 Å². The number of hydrogen-bond donors (Lipinski definition) is 0. The summed E-state index contributed by atoms with van der Waals surface area (Å²) in [6.07, 6.45) is 6.41. The molecule has 0 unspecified atom stereocenters. The van der Waals surface area contributed by atoms with Crippen molar-refractivity contribution < 1.29 is 19.1 Å². The van der Waals surface area contributed by atoms with E-state index in [9.17, 15) is 9.59 Å². The van der Waals surface area contributed by atoms with Gasteiger partial charge in [-0.15, -0.1) is 0 Å². The molecule has 1 atom stereocenters. The molecule has 0 bridgehead atoms. The van der Waals surface area contributed by atoms with Crippen molar-refractivity contribution in [1.82, 2.24) is 4.90 Å². The third-order valence-corrected chi connectivity index (χ3v) is 3.79. The van der Waals surface area contributed by atoms with E-state index in [-0.39, 0.29) is 6.04 Å². The van der Waals surface area contributed by atoms with Gasteiger partial charge < -0.3 is 14.4 Å². The summed E-state index contributed by atoms with van der Waals surface area (Å²) in [6.45, 7) is 2.04. The van der Waals surface area contributed by atoms with E-state index in [4.69, 9.17) is 9.47 Å². The minimum absolute atomic E-state index is 0.0713. The molecule has 0 saturated heterocycles. The summed E-state index contributed by atoms with van der Waals surface area (Å²) in [7, 11) is 2.49. The third kappa shape index (κ3) is 2.74. The van der Waals surface area contributed by atoms with Crippen LogP contribution in [0.2, 0.25) is 0 Å². The summed E-state index contributed by atoms with van der Waals surface area (Å²) < 4.78 is 9.47. The maximum atomic E-state index is 12.0. The molecule has 116 valence electrons. The lowest BCUT2D eigenvalue weighted by Crippen LogP contribution is -2.40. The van der Waals surface area contributed by atoms with Crippen molar-refractivity contribution >= 4 is 11.9 Å². The second-order valence-electron chi connectivity index (χ2n) is 5.02. The molecular formula is C17H19NO4. The molecule has 1 aromatic rings. The topological polar surface area (TPSA) is 55.8 Å². The van der Waals surface area contributed by atoms with Crippen LogP contribution < -0.4 is 0 Å². The molecule has 22 heavy (non-hydrogen) atoms. The standard InChI is InChI=1S/C17H19NO4/c1-13(14-7-5-4-6-8-14)18-11-9-17(10-12-18,15(19)21-2)16(20)22-3/h4-13H,1-3H3/t13-/m0/s1. The Morgan fingerprint density at radius 3 is 1.95 bits per heavy atom. The van der Waals surface area contributed by atoms with E-state index in [2.05, 4.69) is 0 Å². The molecule has 0 fully saturated rings. The molecule has 2 rings (SSSR count). The Hall–Kier alpha value is -2.56. The highest BCUT2D eigenvalue weighted by Crippen LogP contribution is 2.32. The minimum Gasteiger partial charge on any atom is -0.468 e. The predicted octanol–water partition coefficient (Wildman–Crippen LogP) is 2.42. The summed E-state index contributed by atoms with van der Waals surface area (Å²) in [6, 6.07) is 10.0. The summed E-state index contributed by atoms with van der Waals surface area (Å²) in [5.41, 5.74) is -0.392. The summed E-state index contributed by atoms with van der Waals surface area (Å²) in [4.78, 5) is 25.9. The maximum absolute atomic E-state index is 12.0. The number of benzene rings is 1. The van der Waals surface area contributed by atoms with Crippen LogP contribution in [0.1, 0.15) is 18.5 Å². The lowest BCUT2D eigenvalue weighted by Gasteiger charge is -2.31. The highest BCUT2D eigenvalue weighted by molar-refractivity contribution is 6.04. The first-order valence-corrected chi connectivity index (χ1v) is 6.93. The lowest BCUT2D eigenvalue weighted by atomic mass is 9.86. The molecule has 0 aliphatic carbocycles. The number of hydrogen-bond acceptors (Lipinski definition) is 5. The molecule has 5 heteroatoms. The molecule has 5 nitrogen and oxygen atoms in total. The monoisotopic (exact) mass is 301 g/mol. The molecule has 1 aliphatic rings. The number of ether oxygens (including phenoxy) is 2. The Labute approximate surface area is 129 Å². The van der Waals surface area contributed by atoms with Gasteiger partial charge in [0.2, 0.25) is 5.41 Å². The van der Waals surface area contributed by atoms with Crippen LogP contribution >= 0.6 is 0 Å². The zero-order chi connectivity index (χ0) is 16.2. The van der Waals surface area contributed by atoms with Gasteiger partial charge in [0.15, 0.2) is 0 Å². The molecule has 0 aromatic heterocycles. The first-order valence-electron chi connectivity index (χ1n) is 6.93. The average molecular weight is 301 g/mol. The van der Waals surface area contributed by atoms with Gasteiger partial charge in [-0.1, -0.05) is 30.3 Å². The highest BCUT2D eigenvalue weighted by atomic mass is 16.5. The zero-order valence-corrected chi connectivity index (χ0v) is 12.9. The van der Waals surface area contributed by atoms with Crippen molar-refractivity contribution in [2.24, 2.45) is 5.41 Å². The smallest absolute Gasteiger partial charge is 0.331 e. The van der Waals surface area contributed by atoms with Crippen LogP contribution in [0.25, 0.3) is 0 Å². The number of methoxy groups -OCH3 is 2. The first kappa shape index (κ1) is 15.8. The van der Waals surface area contributed by atoms with Crippen LogP contribution in [0.15, 0.2) is 54.9 Å². The van der Waals surface area contributed by atoms with Crippen LogP contribution in [-0.4, -0.2) is 31.1 Å². The predicted molar refractivity (Wildman–Crippen MR) is 81.4 cm³/mol. The second-order valence-corrected chi connectivity index (χ2v) is 5.02. The molecule has 0 amide bonds. The van der Waals surface area contributed by atoms with Gasteiger partial charge in [-0.2, -0.15) is 0 Å². The Morgan fingerprint density at radius 2 is 1.50 bits per heavy atom. The Bertz CT molecular complexity index is 574. The normalized spacial score (nSPS) is 17.0. The SMILES string of the molecule is COC(=O)C1(C(=O)OC)C=CN([C@@H](C)c2ccccc2)C=C1. The summed E-state index contributed by atoms with van der Waals surface area (Å²) in [5.74, 6) is -1.34. The second kappa shape index (κ2) is 6.47. The molecule has 1 aliphatic heterocycles. The van der Waals surface area contributed by atoms with E-state index in [0.29, 0.717) is 0 Å². The molecule has 1 aromatic carbocycles. The minimum atomic E-state index is -1.52. The molecule has 0 radical (unpaired) electrons. The van der Waals surface area contributed by atoms with Crippen LogP contribution in [0, 0.1) is 5.41 Å². The first-order chi connectivity index (χ1) is 10.5. The fourth-order valence-electron chi connectivity index (χ4n) is 2.37. The Kier molecular flexibility index (Phi) is 4.65.